The van der Waals surface area contributed by atoms with Crippen molar-refractivity contribution >= 4 is 23.9 Å². The number of ether oxygens (including phenoxy) is 2. The van der Waals surface area contributed by atoms with Gasteiger partial charge in [-0.1, -0.05) is 49.6 Å². The number of hydrogen-bond acceptors (Lipinski definition) is 5. The van der Waals surface area contributed by atoms with E-state index in [4.69, 9.17) is 9.47 Å². The van der Waals surface area contributed by atoms with Crippen LogP contribution in [0.2, 0.25) is 0 Å². The predicted molar refractivity (Wildman–Crippen MR) is 126 cm³/mol. The largest absolute Gasteiger partial charge is 0.497 e. The maximum atomic E-state index is 12.9. The molecule has 2 N–H and O–H groups in total. The molecule has 0 saturated heterocycles. The van der Waals surface area contributed by atoms with E-state index in [1.165, 1.54) is 6.08 Å². The van der Waals surface area contributed by atoms with Crippen molar-refractivity contribution in [2.45, 2.75) is 44.2 Å². The summed E-state index contributed by atoms with van der Waals surface area (Å²) in [5.41, 5.74) is 1.19. The minimum Gasteiger partial charge on any atom is -0.497 e. The summed E-state index contributed by atoms with van der Waals surface area (Å²) >= 11 is 0. The van der Waals surface area contributed by atoms with Crippen LogP contribution in [0.3, 0.4) is 0 Å². The van der Waals surface area contributed by atoms with E-state index >= 15 is 0 Å². The normalized spacial score (nSPS) is 14.9. The van der Waals surface area contributed by atoms with E-state index in [1.54, 1.807) is 55.7 Å². The molecule has 1 saturated carbocycles. The maximum Gasteiger partial charge on any atom is 0.338 e. The highest BCUT2D eigenvalue weighted by Gasteiger charge is 2.25. The van der Waals surface area contributed by atoms with Crippen molar-refractivity contribution < 1.29 is 23.9 Å². The highest BCUT2D eigenvalue weighted by atomic mass is 16.5. The van der Waals surface area contributed by atoms with Gasteiger partial charge >= 0.3 is 5.97 Å². The number of carbonyl (C=O) groups is 3. The first-order valence-electron chi connectivity index (χ1n) is 11.2. The maximum absolute atomic E-state index is 12.9. The summed E-state index contributed by atoms with van der Waals surface area (Å²) in [5.74, 6) is -0.635. The molecule has 1 aliphatic rings. The second-order valence-corrected chi connectivity index (χ2v) is 7.98. The summed E-state index contributed by atoms with van der Waals surface area (Å²) in [6.07, 6.45) is 8.10. The van der Waals surface area contributed by atoms with Crippen LogP contribution in [0, 0.1) is 0 Å². The van der Waals surface area contributed by atoms with Gasteiger partial charge in [-0.3, -0.25) is 9.59 Å². The van der Waals surface area contributed by atoms with Crippen molar-refractivity contribution in [1.29, 1.82) is 0 Å². The minimum absolute atomic E-state index is 0.0744. The van der Waals surface area contributed by atoms with Crippen molar-refractivity contribution in [2.24, 2.45) is 0 Å². The Morgan fingerprint density at radius 3 is 2.36 bits per heavy atom. The number of nitrogens with one attached hydrogen (secondary N) is 2. The van der Waals surface area contributed by atoms with Crippen LogP contribution < -0.4 is 15.4 Å². The van der Waals surface area contributed by atoms with E-state index in [1.807, 2.05) is 12.1 Å². The Bertz CT molecular complexity index is 950. The summed E-state index contributed by atoms with van der Waals surface area (Å²) in [5, 5.41) is 5.66. The average Bonchev–Trinajstić information content (AvgIpc) is 2.86. The molecule has 3 rings (SSSR count). The minimum atomic E-state index is -0.993. The molecule has 0 unspecified atom stereocenters. The fourth-order valence-electron chi connectivity index (χ4n) is 3.65. The summed E-state index contributed by atoms with van der Waals surface area (Å²) in [7, 11) is 1.58. The molecule has 0 aromatic heterocycles. The first kappa shape index (κ1) is 24.0. The monoisotopic (exact) mass is 450 g/mol. The molecule has 2 aromatic carbocycles. The topological polar surface area (TPSA) is 93.7 Å². The lowest BCUT2D eigenvalue weighted by molar-refractivity contribution is -0.128. The van der Waals surface area contributed by atoms with E-state index in [2.05, 4.69) is 10.6 Å². The molecule has 174 valence electrons. The van der Waals surface area contributed by atoms with Crippen molar-refractivity contribution in [3.8, 4) is 5.75 Å². The van der Waals surface area contributed by atoms with Gasteiger partial charge in [0.05, 0.1) is 12.7 Å². The first-order valence-corrected chi connectivity index (χ1v) is 11.2. The van der Waals surface area contributed by atoms with Gasteiger partial charge in [-0.2, -0.15) is 0 Å². The van der Waals surface area contributed by atoms with E-state index in [0.717, 1.165) is 43.4 Å². The van der Waals surface area contributed by atoms with E-state index in [-0.39, 0.29) is 18.6 Å². The molecule has 7 nitrogen and oxygen atoms in total. The number of rotatable bonds is 9. The molecule has 7 heteroatoms. The third-order valence-electron chi connectivity index (χ3n) is 5.52. The number of hydrogen-bond donors (Lipinski definition) is 2. The molecule has 2 aromatic rings. The van der Waals surface area contributed by atoms with Gasteiger partial charge in [-0.25, -0.2) is 4.79 Å². The van der Waals surface area contributed by atoms with Gasteiger partial charge in [0.1, 0.15) is 18.4 Å². The highest BCUT2D eigenvalue weighted by molar-refractivity contribution is 5.96. The van der Waals surface area contributed by atoms with Crippen LogP contribution in [0.5, 0.6) is 5.75 Å². The van der Waals surface area contributed by atoms with Crippen LogP contribution in [-0.2, 0) is 14.3 Å². The molecule has 1 fully saturated rings. The quantitative estimate of drug-likeness (QED) is 0.451. The fourth-order valence-corrected chi connectivity index (χ4v) is 3.65. The number of methoxy groups -OCH3 is 1. The van der Waals surface area contributed by atoms with E-state index in [9.17, 15) is 14.4 Å². The zero-order valence-corrected chi connectivity index (χ0v) is 18.8. The number of esters is 1. The third kappa shape index (κ3) is 7.79. The first-order chi connectivity index (χ1) is 16.0. The van der Waals surface area contributed by atoms with Crippen LogP contribution in [0.15, 0.2) is 60.7 Å². The molecule has 2 amide bonds. The Balaban J connectivity index is 1.62. The standard InChI is InChI=1S/C26H30N2O5/c1-32-22-15-12-19(13-16-22)14-17-24(29)28-23(25(30)27-21-10-6-3-7-11-21)18-33-26(31)20-8-4-2-5-9-20/h2,4-5,8-9,12-17,21,23H,3,6-7,10-11,18H2,1H3,(H,27,30)(H,28,29)/b17-14+/t23-/m0/s1. The molecule has 0 aliphatic heterocycles. The Labute approximate surface area is 194 Å². The second kappa shape index (κ2) is 12.4. The Morgan fingerprint density at radius 1 is 1.00 bits per heavy atom. The van der Waals surface area contributed by atoms with Crippen LogP contribution in [0.25, 0.3) is 6.08 Å². The highest BCUT2D eigenvalue weighted by Crippen LogP contribution is 2.17. The van der Waals surface area contributed by atoms with Crippen molar-refractivity contribution in [3.63, 3.8) is 0 Å². The van der Waals surface area contributed by atoms with Gasteiger partial charge in [0.15, 0.2) is 0 Å². The van der Waals surface area contributed by atoms with Crippen LogP contribution in [0.4, 0.5) is 0 Å². The lowest BCUT2D eigenvalue weighted by Crippen LogP contribution is -2.52. The molecule has 0 radical (unpaired) electrons. The summed E-state index contributed by atoms with van der Waals surface area (Å²) in [4.78, 5) is 37.7. The molecular weight excluding hydrogens is 420 g/mol. The fraction of sp³-hybridized carbons (Fsp3) is 0.346. The van der Waals surface area contributed by atoms with Gasteiger partial charge in [0.2, 0.25) is 11.8 Å². The number of amides is 2. The molecule has 0 spiro atoms. The summed E-state index contributed by atoms with van der Waals surface area (Å²) in [6, 6.07) is 14.8. The van der Waals surface area contributed by atoms with Crippen LogP contribution in [0.1, 0.15) is 48.0 Å². The number of benzene rings is 2. The molecular formula is C26H30N2O5. The second-order valence-electron chi connectivity index (χ2n) is 7.98. The predicted octanol–water partition coefficient (Wildman–Crippen LogP) is 3.50. The smallest absolute Gasteiger partial charge is 0.338 e. The lowest BCUT2D eigenvalue weighted by Gasteiger charge is -2.25. The van der Waals surface area contributed by atoms with Crippen molar-refractivity contribution in [2.75, 3.05) is 13.7 Å². The zero-order valence-electron chi connectivity index (χ0n) is 18.8. The van der Waals surface area contributed by atoms with Crippen molar-refractivity contribution in [3.05, 3.63) is 71.8 Å². The zero-order chi connectivity index (χ0) is 23.5. The van der Waals surface area contributed by atoms with Gasteiger partial charge in [-0.05, 0) is 48.7 Å². The molecule has 1 aliphatic carbocycles. The van der Waals surface area contributed by atoms with Gasteiger partial charge in [-0.15, -0.1) is 0 Å². The Morgan fingerprint density at radius 2 is 1.70 bits per heavy atom. The van der Waals surface area contributed by atoms with Crippen molar-refractivity contribution in [1.82, 2.24) is 10.6 Å². The molecule has 1 atom stereocenters. The third-order valence-corrected chi connectivity index (χ3v) is 5.52. The summed E-state index contributed by atoms with van der Waals surface area (Å²) < 4.78 is 10.5. The van der Waals surface area contributed by atoms with E-state index < -0.39 is 17.9 Å². The SMILES string of the molecule is COc1ccc(/C=C/C(=O)N[C@@H](COC(=O)c2ccccc2)C(=O)NC2CCCCC2)cc1. The summed E-state index contributed by atoms with van der Waals surface area (Å²) in [6.45, 7) is -0.256. The Kier molecular flexibility index (Phi) is 9.06. The van der Waals surface area contributed by atoms with Crippen LogP contribution in [-0.4, -0.2) is 43.6 Å². The van der Waals surface area contributed by atoms with Gasteiger partial charge < -0.3 is 20.1 Å². The van der Waals surface area contributed by atoms with Gasteiger partial charge in [0.25, 0.3) is 0 Å². The average molecular weight is 451 g/mol. The van der Waals surface area contributed by atoms with Crippen LogP contribution >= 0.6 is 0 Å². The molecule has 0 bridgehead atoms. The molecule has 0 heterocycles. The molecule has 33 heavy (non-hydrogen) atoms. The Hall–Kier alpha value is -3.61. The lowest BCUT2D eigenvalue weighted by atomic mass is 9.95. The van der Waals surface area contributed by atoms with E-state index in [0.29, 0.717) is 5.56 Å². The van der Waals surface area contributed by atoms with Gasteiger partial charge in [0, 0.05) is 12.1 Å². The number of carbonyl (C=O) groups excluding carboxylic acids is 3.